The van der Waals surface area contributed by atoms with Crippen molar-refractivity contribution in [2.45, 2.75) is 25.5 Å². The van der Waals surface area contributed by atoms with Gasteiger partial charge in [0, 0.05) is 5.02 Å². The number of halogens is 1. The van der Waals surface area contributed by atoms with E-state index in [-0.39, 0.29) is 12.6 Å². The Kier molecular flexibility index (Phi) is 3.66. The van der Waals surface area contributed by atoms with Crippen molar-refractivity contribution in [2.75, 3.05) is 6.54 Å². The van der Waals surface area contributed by atoms with Gasteiger partial charge in [0.1, 0.15) is 5.75 Å². The molecule has 1 N–H and O–H groups in total. The number of nitrogens with one attached hydrogen (secondary N) is 1. The zero-order valence-electron chi connectivity index (χ0n) is 10.3. The van der Waals surface area contributed by atoms with E-state index in [0.717, 1.165) is 19.4 Å². The van der Waals surface area contributed by atoms with E-state index in [2.05, 4.69) is 15.5 Å². The summed E-state index contributed by atoms with van der Waals surface area (Å²) in [7, 11) is 0. The standard InChI is InChI=1S/C13H14ClN3O2/c14-9-3-1-4-10(7-9)18-8-12-16-13(17-19-12)11-5-2-6-15-11/h1,3-4,7,11,15H,2,5-6,8H2. The molecule has 0 radical (unpaired) electrons. The summed E-state index contributed by atoms with van der Waals surface area (Å²) in [5.41, 5.74) is 0. The lowest BCUT2D eigenvalue weighted by atomic mass is 10.2. The highest BCUT2D eigenvalue weighted by atomic mass is 35.5. The van der Waals surface area contributed by atoms with E-state index < -0.39 is 0 Å². The van der Waals surface area contributed by atoms with E-state index in [1.165, 1.54) is 0 Å². The van der Waals surface area contributed by atoms with Crippen LogP contribution in [0.15, 0.2) is 28.8 Å². The summed E-state index contributed by atoms with van der Waals surface area (Å²) in [4.78, 5) is 4.33. The number of rotatable bonds is 4. The number of hydrogen-bond acceptors (Lipinski definition) is 5. The smallest absolute Gasteiger partial charge is 0.264 e. The second-order valence-corrected chi connectivity index (χ2v) is 4.88. The predicted molar refractivity (Wildman–Crippen MR) is 70.1 cm³/mol. The molecule has 0 bridgehead atoms. The lowest BCUT2D eigenvalue weighted by molar-refractivity contribution is 0.242. The van der Waals surface area contributed by atoms with Crippen molar-refractivity contribution in [1.82, 2.24) is 15.5 Å². The Morgan fingerprint density at radius 3 is 3.21 bits per heavy atom. The van der Waals surface area contributed by atoms with Gasteiger partial charge in [-0.2, -0.15) is 4.98 Å². The summed E-state index contributed by atoms with van der Waals surface area (Å²) in [6, 6.07) is 7.42. The summed E-state index contributed by atoms with van der Waals surface area (Å²) in [5.74, 6) is 1.87. The van der Waals surface area contributed by atoms with Crippen molar-refractivity contribution >= 4 is 11.6 Å². The van der Waals surface area contributed by atoms with Gasteiger partial charge in [-0.05, 0) is 37.6 Å². The Labute approximate surface area is 115 Å². The van der Waals surface area contributed by atoms with Gasteiger partial charge < -0.3 is 14.6 Å². The monoisotopic (exact) mass is 279 g/mol. The van der Waals surface area contributed by atoms with Gasteiger partial charge in [-0.3, -0.25) is 0 Å². The van der Waals surface area contributed by atoms with Crippen LogP contribution in [0.2, 0.25) is 5.02 Å². The lowest BCUT2D eigenvalue weighted by Crippen LogP contribution is -2.14. The molecule has 3 rings (SSSR count). The van der Waals surface area contributed by atoms with Crippen LogP contribution in [0.1, 0.15) is 30.6 Å². The van der Waals surface area contributed by atoms with Crippen LogP contribution in [0.25, 0.3) is 0 Å². The molecule has 1 fully saturated rings. The van der Waals surface area contributed by atoms with Crippen LogP contribution in [0.3, 0.4) is 0 Å². The minimum absolute atomic E-state index is 0.212. The van der Waals surface area contributed by atoms with E-state index in [1.807, 2.05) is 12.1 Å². The minimum Gasteiger partial charge on any atom is -0.484 e. The Balaban J connectivity index is 1.61. The van der Waals surface area contributed by atoms with Crippen LogP contribution in [0.5, 0.6) is 5.75 Å². The number of nitrogens with zero attached hydrogens (tertiary/aromatic N) is 2. The van der Waals surface area contributed by atoms with E-state index in [1.54, 1.807) is 12.1 Å². The first kappa shape index (κ1) is 12.4. The van der Waals surface area contributed by atoms with E-state index in [4.69, 9.17) is 20.9 Å². The molecule has 1 atom stereocenters. The van der Waals surface area contributed by atoms with Crippen LogP contribution in [0, 0.1) is 0 Å². The summed E-state index contributed by atoms with van der Waals surface area (Å²) in [5, 5.41) is 7.94. The van der Waals surface area contributed by atoms with Crippen molar-refractivity contribution in [3.8, 4) is 5.75 Å². The van der Waals surface area contributed by atoms with Gasteiger partial charge in [0.2, 0.25) is 0 Å². The highest BCUT2D eigenvalue weighted by Gasteiger charge is 2.21. The first-order chi connectivity index (χ1) is 9.31. The number of benzene rings is 1. The first-order valence-electron chi connectivity index (χ1n) is 6.25. The van der Waals surface area contributed by atoms with Crippen LogP contribution in [-0.2, 0) is 6.61 Å². The molecule has 0 spiro atoms. The van der Waals surface area contributed by atoms with Crippen molar-refractivity contribution in [3.63, 3.8) is 0 Å². The Hall–Kier alpha value is -1.59. The van der Waals surface area contributed by atoms with E-state index >= 15 is 0 Å². The topological polar surface area (TPSA) is 60.2 Å². The maximum absolute atomic E-state index is 5.88. The van der Waals surface area contributed by atoms with Gasteiger partial charge in [0.15, 0.2) is 12.4 Å². The van der Waals surface area contributed by atoms with Crippen LogP contribution in [-0.4, -0.2) is 16.7 Å². The molecule has 1 unspecified atom stereocenters. The number of aromatic nitrogens is 2. The molecule has 5 nitrogen and oxygen atoms in total. The average Bonchev–Trinajstić information content (AvgIpc) is 3.07. The van der Waals surface area contributed by atoms with Crippen molar-refractivity contribution in [2.24, 2.45) is 0 Å². The van der Waals surface area contributed by atoms with Gasteiger partial charge in [-0.25, -0.2) is 0 Å². The third-order valence-electron chi connectivity index (χ3n) is 3.01. The molecule has 6 heteroatoms. The maximum atomic E-state index is 5.88. The SMILES string of the molecule is Clc1cccc(OCc2nc(C3CCCN3)no2)c1. The molecule has 1 saturated heterocycles. The molecular weight excluding hydrogens is 266 g/mol. The molecule has 0 amide bonds. The Bertz CT molecular complexity index is 552. The molecule has 1 aliphatic heterocycles. The Morgan fingerprint density at radius 1 is 1.47 bits per heavy atom. The molecule has 1 aliphatic rings. The summed E-state index contributed by atoms with van der Waals surface area (Å²) < 4.78 is 10.7. The van der Waals surface area contributed by atoms with Crippen molar-refractivity contribution < 1.29 is 9.26 Å². The van der Waals surface area contributed by atoms with E-state index in [0.29, 0.717) is 22.5 Å². The highest BCUT2D eigenvalue weighted by molar-refractivity contribution is 6.30. The second kappa shape index (κ2) is 5.59. The molecule has 100 valence electrons. The number of ether oxygens (including phenoxy) is 1. The minimum atomic E-state index is 0.212. The normalized spacial score (nSPS) is 18.7. The van der Waals surface area contributed by atoms with Crippen molar-refractivity contribution in [3.05, 3.63) is 41.0 Å². The van der Waals surface area contributed by atoms with Gasteiger partial charge in [0.25, 0.3) is 5.89 Å². The number of hydrogen-bond donors (Lipinski definition) is 1. The Morgan fingerprint density at radius 2 is 2.42 bits per heavy atom. The predicted octanol–water partition coefficient (Wildman–Crippen LogP) is 2.73. The lowest BCUT2D eigenvalue weighted by Gasteiger charge is -2.03. The summed E-state index contributed by atoms with van der Waals surface area (Å²) >= 11 is 5.88. The zero-order valence-corrected chi connectivity index (χ0v) is 11.1. The van der Waals surface area contributed by atoms with Gasteiger partial charge >= 0.3 is 0 Å². The molecule has 1 aromatic carbocycles. The molecular formula is C13H14ClN3O2. The molecule has 0 aliphatic carbocycles. The fourth-order valence-electron chi connectivity index (χ4n) is 2.07. The molecule has 19 heavy (non-hydrogen) atoms. The van der Waals surface area contributed by atoms with Gasteiger partial charge in [-0.15, -0.1) is 0 Å². The van der Waals surface area contributed by atoms with Crippen LogP contribution >= 0.6 is 11.6 Å². The van der Waals surface area contributed by atoms with Crippen LogP contribution < -0.4 is 10.1 Å². The van der Waals surface area contributed by atoms with Gasteiger partial charge in [0.05, 0.1) is 6.04 Å². The average molecular weight is 280 g/mol. The van der Waals surface area contributed by atoms with E-state index in [9.17, 15) is 0 Å². The largest absolute Gasteiger partial charge is 0.484 e. The third kappa shape index (κ3) is 3.05. The molecule has 0 saturated carbocycles. The molecule has 1 aromatic heterocycles. The fraction of sp³-hybridized carbons (Fsp3) is 0.385. The second-order valence-electron chi connectivity index (χ2n) is 4.44. The van der Waals surface area contributed by atoms with Gasteiger partial charge in [-0.1, -0.05) is 22.8 Å². The van der Waals surface area contributed by atoms with Crippen molar-refractivity contribution in [1.29, 1.82) is 0 Å². The summed E-state index contributed by atoms with van der Waals surface area (Å²) in [6.45, 7) is 1.26. The third-order valence-corrected chi connectivity index (χ3v) is 3.25. The highest BCUT2D eigenvalue weighted by Crippen LogP contribution is 2.21. The fourth-order valence-corrected chi connectivity index (χ4v) is 2.26. The van der Waals surface area contributed by atoms with Crippen LogP contribution in [0.4, 0.5) is 0 Å². The zero-order chi connectivity index (χ0) is 13.1. The maximum Gasteiger partial charge on any atom is 0.264 e. The quantitative estimate of drug-likeness (QED) is 0.932. The molecule has 2 heterocycles. The first-order valence-corrected chi connectivity index (χ1v) is 6.63. The molecule has 2 aromatic rings. The summed E-state index contributed by atoms with van der Waals surface area (Å²) in [6.07, 6.45) is 2.20.